The van der Waals surface area contributed by atoms with Crippen LogP contribution < -0.4 is 10.1 Å². The Balaban J connectivity index is 1.73. The first kappa shape index (κ1) is 15.6. The van der Waals surface area contributed by atoms with Gasteiger partial charge in [0, 0.05) is 19.3 Å². The Hall–Kier alpha value is -1.81. The highest BCUT2D eigenvalue weighted by atomic mass is 16.5. The lowest BCUT2D eigenvalue weighted by atomic mass is 10.1. The lowest BCUT2D eigenvalue weighted by Crippen LogP contribution is -2.31. The molecule has 0 spiro atoms. The van der Waals surface area contributed by atoms with Crippen molar-refractivity contribution in [3.05, 3.63) is 48.3 Å². The van der Waals surface area contributed by atoms with Crippen molar-refractivity contribution in [1.29, 1.82) is 0 Å². The first-order valence-corrected chi connectivity index (χ1v) is 7.66. The summed E-state index contributed by atoms with van der Waals surface area (Å²) in [5.41, 5.74) is 1.30. The van der Waals surface area contributed by atoms with Crippen molar-refractivity contribution in [2.24, 2.45) is 7.05 Å². The highest BCUT2D eigenvalue weighted by Crippen LogP contribution is 2.11. The molecule has 1 atom stereocenters. The van der Waals surface area contributed by atoms with Crippen molar-refractivity contribution in [2.45, 2.75) is 32.2 Å². The van der Waals surface area contributed by atoms with Gasteiger partial charge in [-0.15, -0.1) is 0 Å². The van der Waals surface area contributed by atoms with Gasteiger partial charge in [0.1, 0.15) is 5.75 Å². The van der Waals surface area contributed by atoms with Crippen LogP contribution in [0.1, 0.15) is 25.3 Å². The summed E-state index contributed by atoms with van der Waals surface area (Å²) in [7, 11) is 1.96. The molecular weight excluding hydrogens is 262 g/mol. The SMILES string of the molecule is CCNC(CCOc1ccccc1)CCc1cnn(C)c1. The monoisotopic (exact) mass is 287 g/mol. The third-order valence-corrected chi connectivity index (χ3v) is 3.51. The molecule has 2 rings (SSSR count). The van der Waals surface area contributed by atoms with Crippen molar-refractivity contribution in [3.8, 4) is 5.75 Å². The van der Waals surface area contributed by atoms with Gasteiger partial charge in [0.25, 0.3) is 0 Å². The molecule has 1 N–H and O–H groups in total. The van der Waals surface area contributed by atoms with Gasteiger partial charge in [-0.3, -0.25) is 4.68 Å². The zero-order valence-electron chi connectivity index (χ0n) is 13.0. The predicted molar refractivity (Wildman–Crippen MR) is 85.5 cm³/mol. The maximum atomic E-state index is 5.78. The lowest BCUT2D eigenvalue weighted by Gasteiger charge is -2.17. The Morgan fingerprint density at radius 2 is 2.05 bits per heavy atom. The largest absolute Gasteiger partial charge is 0.494 e. The number of rotatable bonds is 9. The number of nitrogens with one attached hydrogen (secondary N) is 1. The van der Waals surface area contributed by atoms with E-state index in [1.54, 1.807) is 0 Å². The van der Waals surface area contributed by atoms with Gasteiger partial charge < -0.3 is 10.1 Å². The second-order valence-corrected chi connectivity index (χ2v) is 5.27. The predicted octanol–water partition coefficient (Wildman–Crippen LogP) is 2.80. The van der Waals surface area contributed by atoms with Crippen LogP contribution in [0.3, 0.4) is 0 Å². The Morgan fingerprint density at radius 1 is 1.24 bits per heavy atom. The van der Waals surface area contributed by atoms with Crippen LogP contribution in [0, 0.1) is 0 Å². The number of ether oxygens (including phenoxy) is 1. The van der Waals surface area contributed by atoms with Crippen LogP contribution in [-0.4, -0.2) is 29.0 Å². The summed E-state index contributed by atoms with van der Waals surface area (Å²) >= 11 is 0. The molecule has 1 unspecified atom stereocenters. The zero-order chi connectivity index (χ0) is 14.9. The van der Waals surface area contributed by atoms with Gasteiger partial charge in [0.2, 0.25) is 0 Å². The fraction of sp³-hybridized carbons (Fsp3) is 0.471. The minimum atomic E-state index is 0.485. The average Bonchev–Trinajstić information content (AvgIpc) is 2.91. The molecule has 0 aliphatic heterocycles. The van der Waals surface area contributed by atoms with Crippen LogP contribution >= 0.6 is 0 Å². The van der Waals surface area contributed by atoms with E-state index in [2.05, 4.69) is 23.5 Å². The third kappa shape index (κ3) is 5.60. The van der Waals surface area contributed by atoms with E-state index >= 15 is 0 Å². The standard InChI is InChI=1S/C17H25N3O/c1-3-18-16(10-9-15-13-19-20(2)14-15)11-12-21-17-7-5-4-6-8-17/h4-8,13-14,16,18H,3,9-12H2,1-2H3. The molecule has 1 aromatic carbocycles. The molecule has 4 nitrogen and oxygen atoms in total. The van der Waals surface area contributed by atoms with Crippen molar-refractivity contribution in [2.75, 3.05) is 13.2 Å². The molecule has 114 valence electrons. The second-order valence-electron chi connectivity index (χ2n) is 5.27. The molecule has 0 bridgehead atoms. The zero-order valence-corrected chi connectivity index (χ0v) is 13.0. The molecule has 2 aromatic rings. The van der Waals surface area contributed by atoms with Gasteiger partial charge in [-0.25, -0.2) is 0 Å². The molecule has 0 aliphatic carbocycles. The van der Waals surface area contributed by atoms with Crippen LogP contribution in [0.4, 0.5) is 0 Å². The first-order chi connectivity index (χ1) is 10.3. The first-order valence-electron chi connectivity index (χ1n) is 7.66. The van der Waals surface area contributed by atoms with E-state index in [9.17, 15) is 0 Å². The van der Waals surface area contributed by atoms with E-state index in [4.69, 9.17) is 4.74 Å². The van der Waals surface area contributed by atoms with Crippen molar-refractivity contribution in [3.63, 3.8) is 0 Å². The number of nitrogens with zero attached hydrogens (tertiary/aromatic N) is 2. The highest BCUT2D eigenvalue weighted by Gasteiger charge is 2.08. The Labute approximate surface area is 127 Å². The molecule has 0 saturated carbocycles. The Bertz CT molecular complexity index is 510. The molecule has 1 heterocycles. The van der Waals surface area contributed by atoms with E-state index in [1.165, 1.54) is 5.56 Å². The fourth-order valence-corrected chi connectivity index (χ4v) is 2.41. The van der Waals surface area contributed by atoms with Crippen LogP contribution in [0.2, 0.25) is 0 Å². The molecular formula is C17H25N3O. The summed E-state index contributed by atoms with van der Waals surface area (Å²) < 4.78 is 7.64. The summed E-state index contributed by atoms with van der Waals surface area (Å²) in [6, 6.07) is 10.5. The average molecular weight is 287 g/mol. The summed E-state index contributed by atoms with van der Waals surface area (Å²) in [4.78, 5) is 0. The number of para-hydroxylation sites is 1. The summed E-state index contributed by atoms with van der Waals surface area (Å²) in [5, 5.41) is 7.75. The van der Waals surface area contributed by atoms with Gasteiger partial charge in [-0.1, -0.05) is 25.1 Å². The van der Waals surface area contributed by atoms with E-state index in [0.717, 1.165) is 38.2 Å². The lowest BCUT2D eigenvalue weighted by molar-refractivity contribution is 0.282. The van der Waals surface area contributed by atoms with Crippen molar-refractivity contribution < 1.29 is 4.74 Å². The normalized spacial score (nSPS) is 12.3. The van der Waals surface area contributed by atoms with Gasteiger partial charge in [-0.05, 0) is 43.5 Å². The van der Waals surface area contributed by atoms with Gasteiger partial charge >= 0.3 is 0 Å². The van der Waals surface area contributed by atoms with E-state index in [-0.39, 0.29) is 0 Å². The van der Waals surface area contributed by atoms with Gasteiger partial charge in [-0.2, -0.15) is 5.10 Å². The smallest absolute Gasteiger partial charge is 0.119 e. The quantitative estimate of drug-likeness (QED) is 0.771. The Kier molecular flexibility index (Phi) is 6.28. The summed E-state index contributed by atoms with van der Waals surface area (Å²) in [6.07, 6.45) is 7.21. The van der Waals surface area contributed by atoms with Crippen LogP contribution in [-0.2, 0) is 13.5 Å². The van der Waals surface area contributed by atoms with Crippen molar-refractivity contribution >= 4 is 0 Å². The third-order valence-electron chi connectivity index (χ3n) is 3.51. The van der Waals surface area contributed by atoms with Crippen LogP contribution in [0.25, 0.3) is 0 Å². The number of hydrogen-bond donors (Lipinski definition) is 1. The van der Waals surface area contributed by atoms with E-state index < -0.39 is 0 Å². The number of aryl methyl sites for hydroxylation is 2. The topological polar surface area (TPSA) is 39.1 Å². The van der Waals surface area contributed by atoms with E-state index in [0.29, 0.717) is 6.04 Å². The summed E-state index contributed by atoms with van der Waals surface area (Å²) in [5.74, 6) is 0.944. The molecule has 0 saturated heterocycles. The second kappa shape index (κ2) is 8.47. The maximum absolute atomic E-state index is 5.78. The maximum Gasteiger partial charge on any atom is 0.119 e. The highest BCUT2D eigenvalue weighted by molar-refractivity contribution is 5.20. The molecule has 21 heavy (non-hydrogen) atoms. The number of benzene rings is 1. The molecule has 0 aliphatic rings. The minimum absolute atomic E-state index is 0.485. The number of hydrogen-bond acceptors (Lipinski definition) is 3. The molecule has 0 radical (unpaired) electrons. The van der Waals surface area contributed by atoms with Crippen molar-refractivity contribution in [1.82, 2.24) is 15.1 Å². The molecule has 0 amide bonds. The fourth-order valence-electron chi connectivity index (χ4n) is 2.41. The van der Waals surface area contributed by atoms with Gasteiger partial charge in [0.05, 0.1) is 12.8 Å². The van der Waals surface area contributed by atoms with Gasteiger partial charge in [0.15, 0.2) is 0 Å². The Morgan fingerprint density at radius 3 is 2.71 bits per heavy atom. The molecule has 0 fully saturated rings. The van der Waals surface area contributed by atoms with E-state index in [1.807, 2.05) is 48.3 Å². The molecule has 4 heteroatoms. The summed E-state index contributed by atoms with van der Waals surface area (Å²) in [6.45, 7) is 3.88. The number of aromatic nitrogens is 2. The van der Waals surface area contributed by atoms with Crippen LogP contribution in [0.5, 0.6) is 5.75 Å². The van der Waals surface area contributed by atoms with Crippen LogP contribution in [0.15, 0.2) is 42.7 Å². The molecule has 1 aromatic heterocycles. The minimum Gasteiger partial charge on any atom is -0.494 e.